The molecule has 0 spiro atoms. The van der Waals surface area contributed by atoms with Crippen molar-refractivity contribution in [1.29, 1.82) is 0 Å². The van der Waals surface area contributed by atoms with Gasteiger partial charge in [-0.3, -0.25) is 19.2 Å². The van der Waals surface area contributed by atoms with Crippen LogP contribution in [0.4, 0.5) is 0 Å². The van der Waals surface area contributed by atoms with Crippen molar-refractivity contribution >= 4 is 23.6 Å². The normalized spacial score (nSPS) is 12.6. The molecule has 0 aliphatic heterocycles. The molecule has 2 atom stereocenters. The highest BCUT2D eigenvalue weighted by Crippen LogP contribution is 2.02. The van der Waals surface area contributed by atoms with Crippen LogP contribution in [0.2, 0.25) is 0 Å². The second-order valence-electron chi connectivity index (χ2n) is 5.35. The first-order valence-corrected chi connectivity index (χ1v) is 7.47. The molecule has 0 aliphatic carbocycles. The van der Waals surface area contributed by atoms with E-state index >= 15 is 0 Å². The summed E-state index contributed by atoms with van der Waals surface area (Å²) >= 11 is 0. The van der Waals surface area contributed by atoms with Crippen molar-refractivity contribution in [2.24, 2.45) is 5.73 Å². The van der Waals surface area contributed by atoms with Crippen molar-refractivity contribution in [1.82, 2.24) is 16.0 Å². The number of benzene rings is 1. The van der Waals surface area contributed by atoms with E-state index in [2.05, 4.69) is 16.0 Å². The van der Waals surface area contributed by atoms with Gasteiger partial charge in [-0.15, -0.1) is 0 Å². The molecular weight excluding hydrogens is 312 g/mol. The molecule has 0 fully saturated rings. The van der Waals surface area contributed by atoms with Gasteiger partial charge in [-0.05, 0) is 12.5 Å². The van der Waals surface area contributed by atoms with Crippen LogP contribution < -0.4 is 21.7 Å². The number of carbonyl (C=O) groups is 4. The lowest BCUT2D eigenvalue weighted by Crippen LogP contribution is -2.51. The molecule has 8 heteroatoms. The van der Waals surface area contributed by atoms with Gasteiger partial charge in [0.1, 0.15) is 12.1 Å². The van der Waals surface area contributed by atoms with E-state index in [-0.39, 0.29) is 18.9 Å². The molecule has 0 aromatic heterocycles. The second-order valence-corrected chi connectivity index (χ2v) is 5.35. The summed E-state index contributed by atoms with van der Waals surface area (Å²) in [5.41, 5.74) is 6.16. The summed E-state index contributed by atoms with van der Waals surface area (Å²) in [6.45, 7) is 2.47. The Balaban J connectivity index is 2.50. The van der Waals surface area contributed by atoms with Crippen LogP contribution in [-0.4, -0.2) is 42.3 Å². The number of nitrogens with one attached hydrogen (secondary N) is 3. The average molecular weight is 334 g/mol. The molecule has 0 saturated heterocycles. The highest BCUT2D eigenvalue weighted by atomic mass is 16.2. The minimum absolute atomic E-state index is 0.262. The number of nitrogens with two attached hydrogens (primary N) is 1. The zero-order chi connectivity index (χ0) is 18.1. The Morgan fingerprint density at radius 1 is 1.08 bits per heavy atom. The van der Waals surface area contributed by atoms with Crippen molar-refractivity contribution in [3.05, 3.63) is 35.9 Å². The Morgan fingerprint density at radius 3 is 2.25 bits per heavy atom. The molecule has 1 aromatic rings. The lowest BCUT2D eigenvalue weighted by Gasteiger charge is -2.17. The summed E-state index contributed by atoms with van der Waals surface area (Å²) in [7, 11) is 0. The van der Waals surface area contributed by atoms with Crippen LogP contribution in [0.5, 0.6) is 0 Å². The molecule has 1 rings (SSSR count). The average Bonchev–Trinajstić information content (AvgIpc) is 2.52. The molecule has 0 aliphatic rings. The lowest BCUT2D eigenvalue weighted by atomic mass is 10.1. The SMILES string of the molecule is CC(=O)N[C@@H](C)C(=O)NCC(=O)N[C@@H](Cc1ccccc1)C(N)=O. The molecule has 5 N–H and O–H groups in total. The minimum atomic E-state index is -0.871. The van der Waals surface area contributed by atoms with Crippen LogP contribution in [0.25, 0.3) is 0 Å². The van der Waals surface area contributed by atoms with Crippen LogP contribution in [0.3, 0.4) is 0 Å². The van der Waals surface area contributed by atoms with E-state index in [9.17, 15) is 19.2 Å². The number of rotatable bonds is 8. The molecule has 8 nitrogen and oxygen atoms in total. The fraction of sp³-hybridized carbons (Fsp3) is 0.375. The van der Waals surface area contributed by atoms with Crippen LogP contribution in [0.15, 0.2) is 30.3 Å². The molecule has 4 amide bonds. The van der Waals surface area contributed by atoms with E-state index in [0.29, 0.717) is 0 Å². The molecule has 24 heavy (non-hydrogen) atoms. The number of amides is 4. The maximum atomic E-state index is 11.9. The van der Waals surface area contributed by atoms with Crippen molar-refractivity contribution in [3.63, 3.8) is 0 Å². The van der Waals surface area contributed by atoms with Crippen molar-refractivity contribution in [2.45, 2.75) is 32.4 Å². The second kappa shape index (κ2) is 9.29. The Kier molecular flexibility index (Phi) is 7.41. The summed E-state index contributed by atoms with van der Waals surface area (Å²) in [6, 6.07) is 7.49. The van der Waals surface area contributed by atoms with Gasteiger partial charge in [0.05, 0.1) is 6.54 Å². The summed E-state index contributed by atoms with van der Waals surface area (Å²) in [6.07, 6.45) is 0.262. The van der Waals surface area contributed by atoms with Gasteiger partial charge >= 0.3 is 0 Å². The fourth-order valence-electron chi connectivity index (χ4n) is 2.01. The highest BCUT2D eigenvalue weighted by molar-refractivity contribution is 5.91. The van der Waals surface area contributed by atoms with Gasteiger partial charge in [0.25, 0.3) is 0 Å². The number of primary amides is 1. The van der Waals surface area contributed by atoms with Crippen LogP contribution in [0.1, 0.15) is 19.4 Å². The first-order chi connectivity index (χ1) is 11.3. The molecule has 0 saturated carbocycles. The quantitative estimate of drug-likeness (QED) is 0.477. The van der Waals surface area contributed by atoms with Crippen molar-refractivity contribution in [2.75, 3.05) is 6.54 Å². The van der Waals surface area contributed by atoms with E-state index in [1.165, 1.54) is 13.8 Å². The first-order valence-electron chi connectivity index (χ1n) is 7.47. The molecule has 0 unspecified atom stereocenters. The van der Waals surface area contributed by atoms with Gasteiger partial charge < -0.3 is 21.7 Å². The van der Waals surface area contributed by atoms with Gasteiger partial charge in [0, 0.05) is 13.3 Å². The third-order valence-corrected chi connectivity index (χ3v) is 3.20. The first kappa shape index (κ1) is 19.1. The maximum Gasteiger partial charge on any atom is 0.242 e. The van der Waals surface area contributed by atoms with Gasteiger partial charge in [0.15, 0.2) is 0 Å². The number of hydrogen-bond acceptors (Lipinski definition) is 4. The topological polar surface area (TPSA) is 130 Å². The predicted molar refractivity (Wildman–Crippen MR) is 87.6 cm³/mol. The molecule has 0 bridgehead atoms. The van der Waals surface area contributed by atoms with E-state index in [4.69, 9.17) is 5.73 Å². The summed E-state index contributed by atoms with van der Waals surface area (Å²) in [5.74, 6) is -2.05. The molecule has 1 aromatic carbocycles. The van der Waals surface area contributed by atoms with Crippen molar-refractivity contribution < 1.29 is 19.2 Å². The van der Waals surface area contributed by atoms with Gasteiger partial charge in [-0.1, -0.05) is 30.3 Å². The van der Waals surface area contributed by atoms with Crippen LogP contribution in [-0.2, 0) is 25.6 Å². The smallest absolute Gasteiger partial charge is 0.242 e. The van der Waals surface area contributed by atoms with E-state index in [1.54, 1.807) is 0 Å². The monoisotopic (exact) mass is 334 g/mol. The Morgan fingerprint density at radius 2 is 1.71 bits per heavy atom. The molecule has 0 radical (unpaired) electrons. The number of hydrogen-bond donors (Lipinski definition) is 4. The summed E-state index contributed by atoms with van der Waals surface area (Å²) < 4.78 is 0. The summed E-state index contributed by atoms with van der Waals surface area (Å²) in [4.78, 5) is 45.9. The van der Waals surface area contributed by atoms with Gasteiger partial charge in [-0.25, -0.2) is 0 Å². The van der Waals surface area contributed by atoms with E-state index in [0.717, 1.165) is 5.56 Å². The zero-order valence-electron chi connectivity index (χ0n) is 13.7. The Labute approximate surface area is 140 Å². The Hall–Kier alpha value is -2.90. The Bertz CT molecular complexity index is 603. The molecule has 0 heterocycles. The zero-order valence-corrected chi connectivity index (χ0v) is 13.7. The van der Waals surface area contributed by atoms with E-state index < -0.39 is 29.8 Å². The molecular formula is C16H22N4O4. The lowest BCUT2D eigenvalue weighted by molar-refractivity contribution is -0.130. The third-order valence-electron chi connectivity index (χ3n) is 3.20. The number of carbonyl (C=O) groups excluding carboxylic acids is 4. The predicted octanol–water partition coefficient (Wildman–Crippen LogP) is -1.16. The fourth-order valence-corrected chi connectivity index (χ4v) is 2.01. The van der Waals surface area contributed by atoms with Crippen LogP contribution in [0, 0.1) is 0 Å². The van der Waals surface area contributed by atoms with Crippen LogP contribution >= 0.6 is 0 Å². The standard InChI is InChI=1S/C16H22N4O4/c1-10(19-11(2)21)16(24)18-9-14(22)20-13(15(17)23)8-12-6-4-3-5-7-12/h3-7,10,13H,8-9H2,1-2H3,(H2,17,23)(H,18,24)(H,19,21)(H,20,22)/t10-,13-/m0/s1. The minimum Gasteiger partial charge on any atom is -0.368 e. The third kappa shape index (κ3) is 6.91. The van der Waals surface area contributed by atoms with E-state index in [1.807, 2.05) is 30.3 Å². The maximum absolute atomic E-state index is 11.9. The molecule has 130 valence electrons. The largest absolute Gasteiger partial charge is 0.368 e. The highest BCUT2D eigenvalue weighted by Gasteiger charge is 2.20. The summed E-state index contributed by atoms with van der Waals surface area (Å²) in [5, 5.41) is 7.26. The van der Waals surface area contributed by atoms with Crippen molar-refractivity contribution in [3.8, 4) is 0 Å². The van der Waals surface area contributed by atoms with Gasteiger partial charge in [-0.2, -0.15) is 0 Å². The van der Waals surface area contributed by atoms with Gasteiger partial charge in [0.2, 0.25) is 23.6 Å².